The molecular formula is C14H12Br2FNO. The van der Waals surface area contributed by atoms with Gasteiger partial charge in [0.05, 0.1) is 7.11 Å². The van der Waals surface area contributed by atoms with Crippen LogP contribution in [0.5, 0.6) is 5.75 Å². The Bertz CT molecular complexity index is 590. The molecule has 19 heavy (non-hydrogen) atoms. The van der Waals surface area contributed by atoms with Crippen molar-refractivity contribution in [1.82, 2.24) is 0 Å². The first-order valence-corrected chi connectivity index (χ1v) is 7.20. The first kappa shape index (κ1) is 14.3. The van der Waals surface area contributed by atoms with Gasteiger partial charge in [0, 0.05) is 32.8 Å². The van der Waals surface area contributed by atoms with Crippen LogP contribution in [0.25, 0.3) is 0 Å². The summed E-state index contributed by atoms with van der Waals surface area (Å²) in [5, 5.41) is 3.19. The van der Waals surface area contributed by atoms with Crippen molar-refractivity contribution < 1.29 is 9.13 Å². The normalized spacial score (nSPS) is 10.3. The summed E-state index contributed by atoms with van der Waals surface area (Å²) in [5.41, 5.74) is 1.51. The summed E-state index contributed by atoms with van der Waals surface area (Å²) >= 11 is 6.84. The maximum Gasteiger partial charge on any atom is 0.131 e. The lowest BCUT2D eigenvalue weighted by Gasteiger charge is -2.10. The molecule has 100 valence electrons. The van der Waals surface area contributed by atoms with Crippen molar-refractivity contribution in [3.8, 4) is 5.75 Å². The van der Waals surface area contributed by atoms with Crippen LogP contribution in [-0.2, 0) is 6.54 Å². The van der Waals surface area contributed by atoms with Gasteiger partial charge in [-0.3, -0.25) is 0 Å². The zero-order valence-corrected chi connectivity index (χ0v) is 13.4. The minimum atomic E-state index is -0.278. The lowest BCUT2D eigenvalue weighted by Crippen LogP contribution is -2.02. The van der Waals surface area contributed by atoms with Gasteiger partial charge in [-0.1, -0.05) is 22.0 Å². The SMILES string of the molecule is COc1ccc(CNc2ccc(Br)cc2Br)c(F)c1. The number of rotatable bonds is 4. The van der Waals surface area contributed by atoms with Gasteiger partial charge in [-0.05, 0) is 40.2 Å². The van der Waals surface area contributed by atoms with Crippen molar-refractivity contribution in [2.45, 2.75) is 6.54 Å². The minimum Gasteiger partial charge on any atom is -0.497 e. The summed E-state index contributed by atoms with van der Waals surface area (Å²) in [6.07, 6.45) is 0. The molecule has 0 fully saturated rings. The highest BCUT2D eigenvalue weighted by Gasteiger charge is 2.05. The highest BCUT2D eigenvalue weighted by molar-refractivity contribution is 9.11. The molecule has 0 amide bonds. The molecule has 2 nitrogen and oxygen atoms in total. The number of hydrogen-bond acceptors (Lipinski definition) is 2. The van der Waals surface area contributed by atoms with Gasteiger partial charge in [-0.25, -0.2) is 4.39 Å². The summed E-state index contributed by atoms with van der Waals surface area (Å²) < 4.78 is 20.7. The Balaban J connectivity index is 2.10. The van der Waals surface area contributed by atoms with Gasteiger partial charge >= 0.3 is 0 Å². The Morgan fingerprint density at radius 1 is 1.16 bits per heavy atom. The molecule has 0 atom stereocenters. The van der Waals surface area contributed by atoms with Gasteiger partial charge in [0.1, 0.15) is 11.6 Å². The maximum absolute atomic E-state index is 13.8. The number of methoxy groups -OCH3 is 1. The smallest absolute Gasteiger partial charge is 0.131 e. The van der Waals surface area contributed by atoms with E-state index in [0.717, 1.165) is 14.6 Å². The van der Waals surface area contributed by atoms with E-state index in [1.807, 2.05) is 18.2 Å². The molecule has 0 radical (unpaired) electrons. The molecule has 0 aliphatic rings. The van der Waals surface area contributed by atoms with Crippen LogP contribution >= 0.6 is 31.9 Å². The van der Waals surface area contributed by atoms with E-state index in [1.54, 1.807) is 12.1 Å². The zero-order chi connectivity index (χ0) is 13.8. The van der Waals surface area contributed by atoms with Gasteiger partial charge in [0.15, 0.2) is 0 Å². The maximum atomic E-state index is 13.8. The van der Waals surface area contributed by atoms with Crippen LogP contribution in [0.3, 0.4) is 0 Å². The third kappa shape index (κ3) is 3.70. The third-order valence-corrected chi connectivity index (χ3v) is 3.81. The molecule has 0 aromatic heterocycles. The van der Waals surface area contributed by atoms with Crippen LogP contribution < -0.4 is 10.1 Å². The number of benzene rings is 2. The third-order valence-electron chi connectivity index (χ3n) is 2.66. The summed E-state index contributed by atoms with van der Waals surface area (Å²) in [7, 11) is 1.52. The fourth-order valence-corrected chi connectivity index (χ4v) is 2.81. The second kappa shape index (κ2) is 6.39. The van der Waals surface area contributed by atoms with Gasteiger partial charge in [0.25, 0.3) is 0 Å². The molecule has 2 aromatic rings. The van der Waals surface area contributed by atoms with E-state index >= 15 is 0 Å². The predicted molar refractivity (Wildman–Crippen MR) is 82.1 cm³/mol. The summed E-state index contributed by atoms with van der Waals surface area (Å²) in [4.78, 5) is 0. The highest BCUT2D eigenvalue weighted by atomic mass is 79.9. The fourth-order valence-electron chi connectivity index (χ4n) is 1.62. The van der Waals surface area contributed by atoms with Gasteiger partial charge in [-0.2, -0.15) is 0 Å². The monoisotopic (exact) mass is 387 g/mol. The Labute approximate surface area is 128 Å². The molecule has 2 aromatic carbocycles. The standard InChI is InChI=1S/C14H12Br2FNO/c1-19-11-4-2-9(13(17)7-11)8-18-14-5-3-10(15)6-12(14)16/h2-7,18H,8H2,1H3. The average Bonchev–Trinajstić information content (AvgIpc) is 2.39. The number of anilines is 1. The van der Waals surface area contributed by atoms with Gasteiger partial charge in [0.2, 0.25) is 0 Å². The van der Waals surface area contributed by atoms with E-state index in [9.17, 15) is 4.39 Å². The molecule has 0 aliphatic carbocycles. The molecule has 0 heterocycles. The summed E-state index contributed by atoms with van der Waals surface area (Å²) in [6.45, 7) is 0.413. The second-order valence-electron chi connectivity index (χ2n) is 3.94. The Hall–Kier alpha value is -1.07. The Kier molecular flexibility index (Phi) is 4.82. The first-order valence-electron chi connectivity index (χ1n) is 5.61. The quantitative estimate of drug-likeness (QED) is 0.798. The van der Waals surface area contributed by atoms with Crippen molar-refractivity contribution >= 4 is 37.5 Å². The van der Waals surface area contributed by atoms with Gasteiger partial charge < -0.3 is 10.1 Å². The van der Waals surface area contributed by atoms with E-state index in [0.29, 0.717) is 17.9 Å². The van der Waals surface area contributed by atoms with Crippen LogP contribution in [-0.4, -0.2) is 7.11 Å². The minimum absolute atomic E-state index is 0.278. The fraction of sp³-hybridized carbons (Fsp3) is 0.143. The lowest BCUT2D eigenvalue weighted by molar-refractivity contribution is 0.411. The Morgan fingerprint density at radius 3 is 2.58 bits per heavy atom. The number of halogens is 3. The van der Waals surface area contributed by atoms with Crippen LogP contribution in [0.15, 0.2) is 45.3 Å². The van der Waals surface area contributed by atoms with E-state index in [-0.39, 0.29) is 5.82 Å². The molecular weight excluding hydrogens is 377 g/mol. The van der Waals surface area contributed by atoms with Crippen molar-refractivity contribution in [2.24, 2.45) is 0 Å². The topological polar surface area (TPSA) is 21.3 Å². The molecule has 1 N–H and O–H groups in total. The van der Waals surface area contributed by atoms with E-state index < -0.39 is 0 Å². The number of hydrogen-bond donors (Lipinski definition) is 1. The van der Waals surface area contributed by atoms with Crippen molar-refractivity contribution in [1.29, 1.82) is 0 Å². The molecule has 0 spiro atoms. The largest absolute Gasteiger partial charge is 0.497 e. The number of nitrogens with one attached hydrogen (secondary N) is 1. The molecule has 2 rings (SSSR count). The van der Waals surface area contributed by atoms with Crippen LogP contribution in [0.1, 0.15) is 5.56 Å². The van der Waals surface area contributed by atoms with Crippen molar-refractivity contribution in [3.63, 3.8) is 0 Å². The Morgan fingerprint density at radius 2 is 1.95 bits per heavy atom. The highest BCUT2D eigenvalue weighted by Crippen LogP contribution is 2.27. The lowest BCUT2D eigenvalue weighted by atomic mass is 10.2. The molecule has 5 heteroatoms. The summed E-state index contributed by atoms with van der Waals surface area (Å²) in [5.74, 6) is 0.242. The predicted octanol–water partition coefficient (Wildman–Crippen LogP) is 4.97. The van der Waals surface area contributed by atoms with E-state index in [2.05, 4.69) is 37.2 Å². The van der Waals surface area contributed by atoms with Gasteiger partial charge in [-0.15, -0.1) is 0 Å². The second-order valence-corrected chi connectivity index (χ2v) is 5.71. The molecule has 0 saturated heterocycles. The van der Waals surface area contributed by atoms with E-state index in [4.69, 9.17) is 4.74 Å². The van der Waals surface area contributed by atoms with E-state index in [1.165, 1.54) is 13.2 Å². The van der Waals surface area contributed by atoms with Crippen LogP contribution in [0.4, 0.5) is 10.1 Å². The zero-order valence-electron chi connectivity index (χ0n) is 10.2. The van der Waals surface area contributed by atoms with Crippen molar-refractivity contribution in [2.75, 3.05) is 12.4 Å². The average molecular weight is 389 g/mol. The molecule has 0 bridgehead atoms. The van der Waals surface area contributed by atoms with Crippen LogP contribution in [0, 0.1) is 5.82 Å². The number of ether oxygens (including phenoxy) is 1. The molecule has 0 unspecified atom stereocenters. The van der Waals surface area contributed by atoms with Crippen molar-refractivity contribution in [3.05, 3.63) is 56.7 Å². The first-order chi connectivity index (χ1) is 9.10. The van der Waals surface area contributed by atoms with Crippen LogP contribution in [0.2, 0.25) is 0 Å². The molecule has 0 aliphatic heterocycles. The molecule has 0 saturated carbocycles. The summed E-state index contributed by atoms with van der Waals surface area (Å²) in [6, 6.07) is 10.6.